The van der Waals surface area contributed by atoms with Crippen LogP contribution in [0.2, 0.25) is 0 Å². The minimum atomic E-state index is -1.42. The van der Waals surface area contributed by atoms with Gasteiger partial charge in [-0.1, -0.05) is 45.0 Å². The zero-order valence-corrected chi connectivity index (χ0v) is 51.2. The van der Waals surface area contributed by atoms with Crippen molar-refractivity contribution in [1.82, 2.24) is 57.5 Å². The molecule has 2 aliphatic rings. The summed E-state index contributed by atoms with van der Waals surface area (Å²) in [6.45, 7) is 8.40. The number of anilines is 1. The number of nitrogens with two attached hydrogens (primary N) is 1. The maximum atomic E-state index is 13.9. The van der Waals surface area contributed by atoms with E-state index in [0.29, 0.717) is 56.1 Å². The molecule has 88 heavy (non-hydrogen) atoms. The normalized spacial score (nSPS) is 16.7. The number of aliphatic carboxylic acids is 1. The molecule has 8 atom stereocenters. The SMILES string of the molecule is CNC(=O)[C@H](CC(C)C)NC(=O)[C@H](CO)NC(=O)OCc1ccc(NC(=O)[C@H](CCCNC(N)=O)NC(=O)[C@@H](NC(=O)[C@H](CCC(=O)O)NC(=O)CCOCCOCCOCCOCCNC(=O)OCC2C3CCc4nnn(C)c4CCC32)C(C)C)cc1. The number of amides is 10. The molecule has 0 bridgehead atoms. The third-order valence-corrected chi connectivity index (χ3v) is 14.6. The first-order valence-corrected chi connectivity index (χ1v) is 29.8. The molecular weight excluding hydrogens is 1150 g/mol. The number of nitrogens with zero attached hydrogens (tertiary/aromatic N) is 3. The highest BCUT2D eigenvalue weighted by Crippen LogP contribution is 2.52. The number of alkyl carbamates (subject to hydrolysis) is 2. The zero-order valence-electron chi connectivity index (χ0n) is 51.2. The molecule has 0 aliphatic heterocycles. The van der Waals surface area contributed by atoms with Crippen LogP contribution in [0, 0.1) is 29.6 Å². The molecule has 0 saturated heterocycles. The fraction of sp³-hybridized carbons (Fsp3) is 0.684. The van der Waals surface area contributed by atoms with Crippen molar-refractivity contribution in [1.29, 1.82) is 0 Å². The van der Waals surface area contributed by atoms with E-state index in [2.05, 4.69) is 58.2 Å². The number of rotatable bonds is 41. The number of primary amides is 1. The number of aliphatic hydroxyl groups excluding tert-OH is 1. The van der Waals surface area contributed by atoms with E-state index in [0.717, 1.165) is 31.4 Å². The number of carbonyl (C=O) groups is 10. The largest absolute Gasteiger partial charge is 0.481 e. The van der Waals surface area contributed by atoms with Crippen LogP contribution in [-0.2, 0) is 88.5 Å². The first kappa shape index (κ1) is 72.7. The van der Waals surface area contributed by atoms with E-state index in [9.17, 15) is 58.2 Å². The summed E-state index contributed by atoms with van der Waals surface area (Å²) in [7, 11) is 3.34. The highest BCUT2D eigenvalue weighted by molar-refractivity contribution is 5.99. The average molecular weight is 1250 g/mol. The second-order valence-corrected chi connectivity index (χ2v) is 22.1. The molecular formula is C57H91N13O18. The van der Waals surface area contributed by atoms with Gasteiger partial charge in [0.25, 0.3) is 0 Å². The average Bonchev–Trinajstić information content (AvgIpc) is 2.00. The highest BCUT2D eigenvalue weighted by Gasteiger charge is 2.50. The van der Waals surface area contributed by atoms with E-state index in [1.807, 2.05) is 25.6 Å². The molecule has 31 nitrogen and oxygen atoms in total. The van der Waals surface area contributed by atoms with Crippen LogP contribution in [0.15, 0.2) is 24.3 Å². The van der Waals surface area contributed by atoms with Gasteiger partial charge in [0.1, 0.15) is 36.8 Å². The number of carbonyl (C=O) groups excluding carboxylic acids is 9. The second-order valence-electron chi connectivity index (χ2n) is 22.1. The summed E-state index contributed by atoms with van der Waals surface area (Å²) in [5, 5.41) is 50.5. The summed E-state index contributed by atoms with van der Waals surface area (Å²) in [6.07, 6.45) is 1.88. The fourth-order valence-electron chi connectivity index (χ4n) is 9.76. The molecule has 1 fully saturated rings. The zero-order chi connectivity index (χ0) is 64.5. The number of nitrogens with one attached hydrogen (secondary N) is 9. The lowest BCUT2D eigenvalue weighted by Gasteiger charge is -2.27. The first-order chi connectivity index (χ1) is 42.1. The van der Waals surface area contributed by atoms with Crippen LogP contribution in [0.25, 0.3) is 0 Å². The topological polar surface area (TPSA) is 432 Å². The van der Waals surface area contributed by atoms with Crippen LogP contribution in [0.4, 0.5) is 20.1 Å². The lowest BCUT2D eigenvalue weighted by Crippen LogP contribution is -2.58. The smallest absolute Gasteiger partial charge is 0.408 e. The molecule has 1 saturated carbocycles. The number of hydrogen-bond acceptors (Lipinski definition) is 19. The number of carboxylic acids is 1. The summed E-state index contributed by atoms with van der Waals surface area (Å²) >= 11 is 0. The molecule has 31 heteroatoms. The number of aromatic nitrogens is 3. The van der Waals surface area contributed by atoms with Gasteiger partial charge in [-0.25, -0.2) is 14.4 Å². The summed E-state index contributed by atoms with van der Waals surface area (Å²) in [4.78, 5) is 127. The Hall–Kier alpha value is -7.74. The van der Waals surface area contributed by atoms with Crippen molar-refractivity contribution in [2.45, 2.75) is 129 Å². The summed E-state index contributed by atoms with van der Waals surface area (Å²) in [5.74, 6) is -4.46. The predicted octanol–water partition coefficient (Wildman–Crippen LogP) is -0.335. The van der Waals surface area contributed by atoms with Gasteiger partial charge < -0.3 is 92.2 Å². The van der Waals surface area contributed by atoms with Crippen molar-refractivity contribution < 1.29 is 86.6 Å². The van der Waals surface area contributed by atoms with Crippen molar-refractivity contribution in [2.24, 2.45) is 42.4 Å². The van der Waals surface area contributed by atoms with E-state index in [1.165, 1.54) is 37.0 Å². The lowest BCUT2D eigenvalue weighted by molar-refractivity contribution is -0.138. The molecule has 4 rings (SSSR count). The van der Waals surface area contributed by atoms with Crippen molar-refractivity contribution >= 4 is 65.3 Å². The van der Waals surface area contributed by atoms with E-state index in [-0.39, 0.29) is 90.1 Å². The Balaban J connectivity index is 1.13. The van der Waals surface area contributed by atoms with Crippen LogP contribution >= 0.6 is 0 Å². The monoisotopic (exact) mass is 1250 g/mol. The Morgan fingerprint density at radius 1 is 0.659 bits per heavy atom. The number of fused-ring (bicyclic) bond motifs is 2. The van der Waals surface area contributed by atoms with Gasteiger partial charge in [0.05, 0.1) is 77.5 Å². The Kier molecular flexibility index (Phi) is 32.4. The molecule has 2 aromatic rings. The van der Waals surface area contributed by atoms with E-state index in [1.54, 1.807) is 13.8 Å². The van der Waals surface area contributed by atoms with Gasteiger partial charge in [-0.05, 0) is 98.7 Å². The molecule has 0 radical (unpaired) electrons. The van der Waals surface area contributed by atoms with E-state index in [4.69, 9.17) is 34.2 Å². The predicted molar refractivity (Wildman–Crippen MR) is 314 cm³/mol. The lowest BCUT2D eigenvalue weighted by atomic mass is 10.0. The minimum Gasteiger partial charge on any atom is -0.481 e. The number of aryl methyl sites for hydroxylation is 2. The molecule has 1 aromatic heterocycles. The standard InChI is InChI=1S/C57H91N13O18/c1-34(2)30-44(50(75)59-5)65-53(78)45(31-71)66-57(82)87-32-36-9-11-37(12-10-36)62-51(76)42(8-7-20-60-55(58)80)64-54(79)49(35(3)4)67-52(77)43(16-18-48(73)74)63-47(72)19-22-83-24-26-85-28-29-86-27-25-84-23-21-61-56(81)88-33-40-38-13-15-41-46(17-14-39(38)40)70(6)69-68-41/h9-12,34-35,38-40,42-45,49,71H,7-8,13-33H2,1-6H3,(H,59,75)(H,61,81)(H,62,76)(H,63,72)(H,64,79)(H,65,78)(H,66,82)(H,67,77)(H,73,74)(H3,58,60,80)/t38?,39?,40?,42-,43-,44-,45-,49-/m0/s1. The molecule has 492 valence electrons. The summed E-state index contributed by atoms with van der Waals surface area (Å²) in [6, 6.07) is -0.968. The third-order valence-electron chi connectivity index (χ3n) is 14.6. The van der Waals surface area contributed by atoms with Gasteiger partial charge >= 0.3 is 24.2 Å². The Morgan fingerprint density at radius 3 is 1.89 bits per heavy atom. The van der Waals surface area contributed by atoms with Gasteiger partial charge in [-0.2, -0.15) is 0 Å². The number of hydrogen-bond donors (Lipinski definition) is 12. The number of benzene rings is 1. The van der Waals surface area contributed by atoms with Crippen molar-refractivity contribution in [3.63, 3.8) is 0 Å². The van der Waals surface area contributed by atoms with Crippen molar-refractivity contribution in [2.75, 3.05) is 91.5 Å². The van der Waals surface area contributed by atoms with Crippen LogP contribution in [-0.4, -0.2) is 201 Å². The molecule has 1 aromatic carbocycles. The molecule has 3 unspecified atom stereocenters. The second kappa shape index (κ2) is 39.2. The number of likely N-dealkylation sites (N-methyl/N-ethyl adjacent to an activating group) is 1. The van der Waals surface area contributed by atoms with Gasteiger partial charge in [0.15, 0.2) is 0 Å². The number of aliphatic hydroxyl groups is 1. The Bertz CT molecular complexity index is 2570. The van der Waals surface area contributed by atoms with Gasteiger partial charge in [0.2, 0.25) is 35.4 Å². The van der Waals surface area contributed by atoms with Gasteiger partial charge in [0, 0.05) is 45.7 Å². The quantitative estimate of drug-likeness (QED) is 0.0379. The number of ether oxygens (including phenoxy) is 6. The number of carboxylic acid groups (broad SMARTS) is 1. The summed E-state index contributed by atoms with van der Waals surface area (Å²) in [5.41, 5.74) is 8.20. The van der Waals surface area contributed by atoms with Crippen molar-refractivity contribution in [3.05, 3.63) is 41.2 Å². The molecule has 2 aliphatic carbocycles. The van der Waals surface area contributed by atoms with Crippen molar-refractivity contribution in [3.8, 4) is 0 Å². The van der Waals surface area contributed by atoms with E-state index >= 15 is 0 Å². The third kappa shape index (κ3) is 27.1. The van der Waals surface area contributed by atoms with Crippen LogP contribution < -0.4 is 53.6 Å². The number of urea groups is 1. The first-order valence-electron chi connectivity index (χ1n) is 29.8. The van der Waals surface area contributed by atoms with Crippen LogP contribution in [0.5, 0.6) is 0 Å². The summed E-state index contributed by atoms with van der Waals surface area (Å²) < 4.78 is 34.6. The molecule has 13 N–H and O–H groups in total. The Morgan fingerprint density at radius 2 is 1.27 bits per heavy atom. The maximum Gasteiger partial charge on any atom is 0.408 e. The maximum absolute atomic E-state index is 13.9. The highest BCUT2D eigenvalue weighted by atomic mass is 16.6. The van der Waals surface area contributed by atoms with Crippen LogP contribution in [0.3, 0.4) is 0 Å². The molecule has 10 amide bonds. The minimum absolute atomic E-state index is 0.0108. The fourth-order valence-corrected chi connectivity index (χ4v) is 9.76. The van der Waals surface area contributed by atoms with Crippen LogP contribution in [0.1, 0.15) is 96.0 Å². The van der Waals surface area contributed by atoms with E-state index < -0.39 is 109 Å². The Labute approximate surface area is 511 Å². The molecule has 0 spiro atoms. The van der Waals surface area contributed by atoms with Gasteiger partial charge in [-0.15, -0.1) is 5.10 Å². The van der Waals surface area contributed by atoms with Gasteiger partial charge in [-0.3, -0.25) is 38.2 Å². The molecule has 1 heterocycles.